The Balaban J connectivity index is 1.46. The lowest BCUT2D eigenvalue weighted by molar-refractivity contribution is -0.165. The minimum Gasteiger partial charge on any atom is -0.361 e. The van der Waals surface area contributed by atoms with Crippen molar-refractivity contribution in [2.45, 2.75) is 24.9 Å². The van der Waals surface area contributed by atoms with Crippen molar-refractivity contribution in [2.75, 3.05) is 26.7 Å². The Kier molecular flexibility index (Phi) is 7.02. The summed E-state index contributed by atoms with van der Waals surface area (Å²) in [4.78, 5) is 28.8. The van der Waals surface area contributed by atoms with Gasteiger partial charge in [-0.3, -0.25) is 9.59 Å². The second-order valence-electron chi connectivity index (χ2n) is 8.07. The molecule has 1 aliphatic rings. The van der Waals surface area contributed by atoms with Crippen LogP contribution in [0.15, 0.2) is 72.1 Å². The summed E-state index contributed by atoms with van der Waals surface area (Å²) < 4.78 is 6.06. The standard InChI is InChI=1S/C26H28N2O3S/c1-27-25(30)26(18-21-9-12-22(13-10-21)23-8-5-17-32-23)19-28(15-16-31-26)24(29)14-11-20-6-3-2-4-7-20/h2-10,12-13,17H,11,14-16,18-19H2,1H3,(H,27,30)/t26-/m1/s1. The number of amides is 2. The Morgan fingerprint density at radius 2 is 1.81 bits per heavy atom. The van der Waals surface area contributed by atoms with Gasteiger partial charge >= 0.3 is 0 Å². The summed E-state index contributed by atoms with van der Waals surface area (Å²) >= 11 is 1.70. The first-order valence-electron chi connectivity index (χ1n) is 10.9. The Hall–Kier alpha value is -2.96. The summed E-state index contributed by atoms with van der Waals surface area (Å²) in [6, 6.07) is 22.3. The molecule has 0 aliphatic carbocycles. The molecule has 1 fully saturated rings. The van der Waals surface area contributed by atoms with Gasteiger partial charge in [-0.05, 0) is 34.6 Å². The number of carbonyl (C=O) groups excluding carboxylic acids is 2. The Morgan fingerprint density at radius 1 is 1.03 bits per heavy atom. The topological polar surface area (TPSA) is 58.6 Å². The predicted molar refractivity (Wildman–Crippen MR) is 128 cm³/mol. The summed E-state index contributed by atoms with van der Waals surface area (Å²) in [5.74, 6) is -0.140. The van der Waals surface area contributed by atoms with Gasteiger partial charge in [-0.15, -0.1) is 11.3 Å². The van der Waals surface area contributed by atoms with E-state index in [-0.39, 0.29) is 18.4 Å². The van der Waals surface area contributed by atoms with Crippen molar-refractivity contribution < 1.29 is 14.3 Å². The van der Waals surface area contributed by atoms with E-state index in [0.717, 1.165) is 16.7 Å². The van der Waals surface area contributed by atoms with E-state index in [2.05, 4.69) is 28.9 Å². The number of hydrogen-bond donors (Lipinski definition) is 1. The molecule has 0 spiro atoms. The predicted octanol–water partition coefficient (Wildman–Crippen LogP) is 3.93. The zero-order valence-electron chi connectivity index (χ0n) is 18.3. The highest BCUT2D eigenvalue weighted by molar-refractivity contribution is 7.13. The number of nitrogens with zero attached hydrogens (tertiary/aromatic N) is 1. The zero-order chi connectivity index (χ0) is 22.4. The van der Waals surface area contributed by atoms with Crippen LogP contribution in [0.5, 0.6) is 0 Å². The van der Waals surface area contributed by atoms with Gasteiger partial charge in [0.25, 0.3) is 5.91 Å². The van der Waals surface area contributed by atoms with E-state index >= 15 is 0 Å². The number of nitrogens with one attached hydrogen (secondary N) is 1. The molecule has 2 aromatic carbocycles. The second-order valence-corrected chi connectivity index (χ2v) is 9.02. The average molecular weight is 449 g/mol. The highest BCUT2D eigenvalue weighted by atomic mass is 32.1. The molecule has 4 rings (SSSR count). The lowest BCUT2D eigenvalue weighted by Gasteiger charge is -2.41. The smallest absolute Gasteiger partial charge is 0.254 e. The molecular weight excluding hydrogens is 420 g/mol. The molecule has 32 heavy (non-hydrogen) atoms. The first-order valence-corrected chi connectivity index (χ1v) is 11.8. The number of aryl methyl sites for hydroxylation is 1. The van der Waals surface area contributed by atoms with Gasteiger partial charge in [0.2, 0.25) is 5.91 Å². The number of carbonyl (C=O) groups is 2. The van der Waals surface area contributed by atoms with Gasteiger partial charge in [-0.2, -0.15) is 0 Å². The van der Waals surface area contributed by atoms with Crippen molar-refractivity contribution in [3.8, 4) is 10.4 Å². The van der Waals surface area contributed by atoms with Crippen LogP contribution in [0.3, 0.4) is 0 Å². The fourth-order valence-corrected chi connectivity index (χ4v) is 4.90. The number of hydrogen-bond acceptors (Lipinski definition) is 4. The van der Waals surface area contributed by atoms with E-state index in [0.29, 0.717) is 32.4 Å². The molecule has 0 saturated carbocycles. The molecule has 1 atom stereocenters. The van der Waals surface area contributed by atoms with Gasteiger partial charge in [0.15, 0.2) is 5.60 Å². The molecule has 1 aromatic heterocycles. The first-order chi connectivity index (χ1) is 15.6. The van der Waals surface area contributed by atoms with Crippen LogP contribution < -0.4 is 5.32 Å². The maximum absolute atomic E-state index is 12.9. The van der Waals surface area contributed by atoms with Gasteiger partial charge in [-0.1, -0.05) is 60.7 Å². The van der Waals surface area contributed by atoms with Crippen molar-refractivity contribution in [1.29, 1.82) is 0 Å². The molecule has 6 heteroatoms. The quantitative estimate of drug-likeness (QED) is 0.596. The van der Waals surface area contributed by atoms with E-state index < -0.39 is 5.60 Å². The number of thiophene rings is 1. The van der Waals surface area contributed by atoms with Crippen LogP contribution in [0.1, 0.15) is 17.5 Å². The van der Waals surface area contributed by atoms with Gasteiger partial charge in [0, 0.05) is 31.3 Å². The van der Waals surface area contributed by atoms with E-state index in [9.17, 15) is 9.59 Å². The molecule has 1 aliphatic heterocycles. The molecule has 1 N–H and O–H groups in total. The van der Waals surface area contributed by atoms with Gasteiger partial charge < -0.3 is 15.0 Å². The number of likely N-dealkylation sites (N-methyl/N-ethyl adjacent to an activating group) is 1. The third-order valence-electron chi connectivity index (χ3n) is 5.90. The summed E-state index contributed by atoms with van der Waals surface area (Å²) in [6.07, 6.45) is 1.53. The van der Waals surface area contributed by atoms with Gasteiger partial charge in [0.1, 0.15) is 0 Å². The normalized spacial score (nSPS) is 18.3. The highest BCUT2D eigenvalue weighted by Crippen LogP contribution is 2.28. The van der Waals surface area contributed by atoms with E-state index in [4.69, 9.17) is 4.74 Å². The molecule has 2 amide bonds. The Morgan fingerprint density at radius 3 is 2.50 bits per heavy atom. The largest absolute Gasteiger partial charge is 0.361 e. The zero-order valence-corrected chi connectivity index (χ0v) is 19.1. The monoisotopic (exact) mass is 448 g/mol. The Labute approximate surface area is 193 Å². The molecule has 3 aromatic rings. The SMILES string of the molecule is CNC(=O)[C@@]1(Cc2ccc(-c3cccs3)cc2)CN(C(=O)CCc2ccccc2)CCO1. The van der Waals surface area contributed by atoms with Crippen LogP contribution in [0, 0.1) is 0 Å². The van der Waals surface area contributed by atoms with Crippen molar-refractivity contribution in [1.82, 2.24) is 10.2 Å². The average Bonchev–Trinajstić information content (AvgIpc) is 3.38. The molecule has 1 saturated heterocycles. The number of ether oxygens (including phenoxy) is 1. The van der Waals surface area contributed by atoms with Gasteiger partial charge in [0.05, 0.1) is 13.2 Å². The molecular formula is C26H28N2O3S. The fourth-order valence-electron chi connectivity index (χ4n) is 4.16. The minimum atomic E-state index is -1.08. The molecule has 166 valence electrons. The maximum Gasteiger partial charge on any atom is 0.254 e. The van der Waals surface area contributed by atoms with Crippen LogP contribution in [-0.4, -0.2) is 49.1 Å². The van der Waals surface area contributed by atoms with Crippen LogP contribution in [0.25, 0.3) is 10.4 Å². The molecule has 0 radical (unpaired) electrons. The Bertz CT molecular complexity index is 1030. The number of morpholine rings is 1. The lowest BCUT2D eigenvalue weighted by atomic mass is 9.90. The van der Waals surface area contributed by atoms with Crippen LogP contribution in [0.4, 0.5) is 0 Å². The fraction of sp³-hybridized carbons (Fsp3) is 0.308. The van der Waals surface area contributed by atoms with Crippen LogP contribution >= 0.6 is 11.3 Å². The third-order valence-corrected chi connectivity index (χ3v) is 6.82. The summed E-state index contributed by atoms with van der Waals surface area (Å²) in [6.45, 7) is 1.11. The summed E-state index contributed by atoms with van der Waals surface area (Å²) in [7, 11) is 1.61. The second kappa shape index (κ2) is 10.1. The summed E-state index contributed by atoms with van der Waals surface area (Å²) in [5, 5.41) is 4.81. The minimum absolute atomic E-state index is 0.0541. The van der Waals surface area contributed by atoms with E-state index in [1.807, 2.05) is 48.5 Å². The van der Waals surface area contributed by atoms with Crippen molar-refractivity contribution >= 4 is 23.2 Å². The van der Waals surface area contributed by atoms with Crippen molar-refractivity contribution in [3.05, 3.63) is 83.2 Å². The van der Waals surface area contributed by atoms with Crippen molar-refractivity contribution in [2.24, 2.45) is 0 Å². The number of benzene rings is 2. The first kappa shape index (κ1) is 22.2. The lowest BCUT2D eigenvalue weighted by Crippen LogP contribution is -2.61. The van der Waals surface area contributed by atoms with Gasteiger partial charge in [-0.25, -0.2) is 0 Å². The van der Waals surface area contributed by atoms with E-state index in [1.54, 1.807) is 23.3 Å². The molecule has 0 bridgehead atoms. The van der Waals surface area contributed by atoms with E-state index in [1.165, 1.54) is 4.88 Å². The molecule has 2 heterocycles. The molecule has 5 nitrogen and oxygen atoms in total. The summed E-state index contributed by atoms with van der Waals surface area (Å²) in [5.41, 5.74) is 2.21. The highest BCUT2D eigenvalue weighted by Gasteiger charge is 2.44. The van der Waals surface area contributed by atoms with Crippen LogP contribution in [-0.2, 0) is 27.2 Å². The van der Waals surface area contributed by atoms with Crippen LogP contribution in [0.2, 0.25) is 0 Å². The maximum atomic E-state index is 12.9. The third kappa shape index (κ3) is 5.09. The molecule has 0 unspecified atom stereocenters. The van der Waals surface area contributed by atoms with Crippen molar-refractivity contribution in [3.63, 3.8) is 0 Å². The number of rotatable bonds is 7.